The van der Waals surface area contributed by atoms with Crippen molar-refractivity contribution in [1.29, 1.82) is 0 Å². The van der Waals surface area contributed by atoms with E-state index < -0.39 is 0 Å². The van der Waals surface area contributed by atoms with E-state index in [1.807, 2.05) is 24.3 Å². The van der Waals surface area contributed by atoms with Gasteiger partial charge >= 0.3 is 0 Å². The molecule has 0 spiro atoms. The molecule has 16 heavy (non-hydrogen) atoms. The quantitative estimate of drug-likeness (QED) is 0.593. The number of fused-ring (bicyclic) bond motifs is 1. The van der Waals surface area contributed by atoms with Crippen LogP contribution in [0, 0.1) is 0 Å². The molecule has 3 rings (SSSR count). The van der Waals surface area contributed by atoms with Crippen LogP contribution in [-0.2, 0) is 0 Å². The average molecular weight is 249 g/mol. The lowest BCUT2D eigenvalue weighted by atomic mass is 10.1. The maximum atomic E-state index is 6.41. The number of hydrogen-bond donors (Lipinski definition) is 0. The first kappa shape index (κ1) is 9.94. The second-order valence-electron chi connectivity index (χ2n) is 3.57. The standard InChI is InChI=1S/C13H9ClOS/c14-13(11-5-3-7-15-11)10-8-16-12-6-2-1-4-9(10)12/h1-8,13H. The molecule has 0 aliphatic rings. The third-order valence-electron chi connectivity index (χ3n) is 2.58. The minimum Gasteiger partial charge on any atom is -0.467 e. The molecule has 0 aliphatic carbocycles. The summed E-state index contributed by atoms with van der Waals surface area (Å²) in [6, 6.07) is 12.0. The van der Waals surface area contributed by atoms with E-state index in [9.17, 15) is 0 Å². The summed E-state index contributed by atoms with van der Waals surface area (Å²) in [7, 11) is 0. The summed E-state index contributed by atoms with van der Waals surface area (Å²) >= 11 is 8.12. The summed E-state index contributed by atoms with van der Waals surface area (Å²) in [5, 5.41) is 3.11. The Hall–Kier alpha value is -1.25. The number of thiophene rings is 1. The molecule has 0 saturated heterocycles. The monoisotopic (exact) mass is 248 g/mol. The molecule has 3 aromatic rings. The third-order valence-corrected chi connectivity index (χ3v) is 4.01. The summed E-state index contributed by atoms with van der Waals surface area (Å²) in [5.74, 6) is 0.796. The topological polar surface area (TPSA) is 13.1 Å². The molecule has 0 aliphatic heterocycles. The Kier molecular flexibility index (Phi) is 2.46. The molecule has 1 nitrogen and oxygen atoms in total. The molecular formula is C13H9ClOS. The van der Waals surface area contributed by atoms with E-state index in [0.29, 0.717) is 0 Å². The van der Waals surface area contributed by atoms with Crippen molar-refractivity contribution in [3.63, 3.8) is 0 Å². The lowest BCUT2D eigenvalue weighted by Gasteiger charge is -2.04. The van der Waals surface area contributed by atoms with Crippen LogP contribution in [0.1, 0.15) is 16.7 Å². The van der Waals surface area contributed by atoms with E-state index in [0.717, 1.165) is 11.3 Å². The Labute approximate surface area is 102 Å². The van der Waals surface area contributed by atoms with Crippen LogP contribution in [0.25, 0.3) is 10.1 Å². The Bertz CT molecular complexity index is 597. The minimum absolute atomic E-state index is 0.203. The molecule has 1 unspecified atom stereocenters. The van der Waals surface area contributed by atoms with Gasteiger partial charge in [-0.3, -0.25) is 0 Å². The summed E-state index contributed by atoms with van der Waals surface area (Å²) in [6.45, 7) is 0. The van der Waals surface area contributed by atoms with Crippen LogP contribution in [0.4, 0.5) is 0 Å². The van der Waals surface area contributed by atoms with E-state index in [1.165, 1.54) is 10.1 Å². The predicted molar refractivity (Wildman–Crippen MR) is 68.2 cm³/mol. The Balaban J connectivity index is 2.12. The fourth-order valence-electron chi connectivity index (χ4n) is 1.78. The van der Waals surface area contributed by atoms with Crippen LogP contribution >= 0.6 is 22.9 Å². The number of hydrogen-bond acceptors (Lipinski definition) is 2. The van der Waals surface area contributed by atoms with Crippen molar-refractivity contribution in [2.45, 2.75) is 5.38 Å². The van der Waals surface area contributed by atoms with Gasteiger partial charge in [-0.2, -0.15) is 0 Å². The fourth-order valence-corrected chi connectivity index (χ4v) is 3.15. The largest absolute Gasteiger partial charge is 0.467 e. The van der Waals surface area contributed by atoms with Gasteiger partial charge in [-0.05, 0) is 34.5 Å². The van der Waals surface area contributed by atoms with E-state index >= 15 is 0 Å². The highest BCUT2D eigenvalue weighted by atomic mass is 35.5. The van der Waals surface area contributed by atoms with Gasteiger partial charge in [-0.1, -0.05) is 18.2 Å². The van der Waals surface area contributed by atoms with Crippen LogP contribution in [0.15, 0.2) is 52.5 Å². The second kappa shape index (κ2) is 3.96. The average Bonchev–Trinajstić information content (AvgIpc) is 2.98. The first-order chi connectivity index (χ1) is 7.86. The number of rotatable bonds is 2. The Morgan fingerprint density at radius 2 is 2.00 bits per heavy atom. The van der Waals surface area contributed by atoms with Crippen molar-refractivity contribution in [3.05, 3.63) is 59.4 Å². The number of halogens is 1. The van der Waals surface area contributed by atoms with E-state index in [-0.39, 0.29) is 5.38 Å². The van der Waals surface area contributed by atoms with Crippen molar-refractivity contribution in [2.24, 2.45) is 0 Å². The van der Waals surface area contributed by atoms with Crippen molar-refractivity contribution >= 4 is 33.0 Å². The SMILES string of the molecule is ClC(c1ccco1)c1csc2ccccc12. The van der Waals surface area contributed by atoms with Gasteiger partial charge in [0.1, 0.15) is 11.1 Å². The smallest absolute Gasteiger partial charge is 0.126 e. The molecule has 0 N–H and O–H groups in total. The van der Waals surface area contributed by atoms with E-state index in [4.69, 9.17) is 16.0 Å². The van der Waals surface area contributed by atoms with Crippen LogP contribution in [-0.4, -0.2) is 0 Å². The zero-order valence-electron chi connectivity index (χ0n) is 8.39. The normalized spacial score (nSPS) is 13.1. The van der Waals surface area contributed by atoms with Gasteiger partial charge in [-0.25, -0.2) is 0 Å². The minimum atomic E-state index is -0.203. The van der Waals surface area contributed by atoms with Gasteiger partial charge in [0.05, 0.1) is 6.26 Å². The highest BCUT2D eigenvalue weighted by Gasteiger charge is 2.17. The Morgan fingerprint density at radius 3 is 2.81 bits per heavy atom. The summed E-state index contributed by atoms with van der Waals surface area (Å²) in [6.07, 6.45) is 1.65. The van der Waals surface area contributed by atoms with Gasteiger partial charge in [0, 0.05) is 4.70 Å². The number of alkyl halides is 1. The zero-order valence-corrected chi connectivity index (χ0v) is 9.96. The van der Waals surface area contributed by atoms with Crippen molar-refractivity contribution in [2.75, 3.05) is 0 Å². The number of benzene rings is 1. The maximum absolute atomic E-state index is 6.41. The highest BCUT2D eigenvalue weighted by Crippen LogP contribution is 2.37. The van der Waals surface area contributed by atoms with Crippen LogP contribution in [0.3, 0.4) is 0 Å². The Morgan fingerprint density at radius 1 is 1.12 bits per heavy atom. The summed E-state index contributed by atoms with van der Waals surface area (Å²) < 4.78 is 6.60. The van der Waals surface area contributed by atoms with Crippen LogP contribution in [0.2, 0.25) is 0 Å². The zero-order chi connectivity index (χ0) is 11.0. The molecule has 0 bridgehead atoms. The molecule has 0 saturated carbocycles. The van der Waals surface area contributed by atoms with Gasteiger partial charge in [0.25, 0.3) is 0 Å². The lowest BCUT2D eigenvalue weighted by Crippen LogP contribution is -1.88. The highest BCUT2D eigenvalue weighted by molar-refractivity contribution is 7.17. The molecule has 1 aromatic carbocycles. The van der Waals surface area contributed by atoms with Crippen molar-refractivity contribution in [1.82, 2.24) is 0 Å². The first-order valence-electron chi connectivity index (χ1n) is 5.00. The fraction of sp³-hybridized carbons (Fsp3) is 0.0769. The van der Waals surface area contributed by atoms with Crippen molar-refractivity contribution in [3.8, 4) is 0 Å². The maximum Gasteiger partial charge on any atom is 0.126 e. The van der Waals surface area contributed by atoms with Gasteiger partial charge in [0.2, 0.25) is 0 Å². The molecule has 1 atom stereocenters. The third kappa shape index (κ3) is 1.55. The summed E-state index contributed by atoms with van der Waals surface area (Å²) in [5.41, 5.74) is 1.12. The van der Waals surface area contributed by atoms with Crippen molar-refractivity contribution < 1.29 is 4.42 Å². The summed E-state index contributed by atoms with van der Waals surface area (Å²) in [4.78, 5) is 0. The predicted octanol–water partition coefficient (Wildman–Crippen LogP) is 4.82. The molecule has 0 amide bonds. The first-order valence-corrected chi connectivity index (χ1v) is 6.31. The van der Waals surface area contributed by atoms with E-state index in [2.05, 4.69) is 17.5 Å². The second-order valence-corrected chi connectivity index (χ2v) is 4.91. The van der Waals surface area contributed by atoms with Gasteiger partial charge in [0.15, 0.2) is 0 Å². The molecule has 3 heteroatoms. The van der Waals surface area contributed by atoms with Crippen LogP contribution < -0.4 is 0 Å². The molecular weight excluding hydrogens is 240 g/mol. The van der Waals surface area contributed by atoms with Gasteiger partial charge in [-0.15, -0.1) is 22.9 Å². The molecule has 0 radical (unpaired) electrons. The van der Waals surface area contributed by atoms with Crippen LogP contribution in [0.5, 0.6) is 0 Å². The number of furan rings is 1. The molecule has 80 valence electrons. The lowest BCUT2D eigenvalue weighted by molar-refractivity contribution is 0.517. The molecule has 0 fully saturated rings. The molecule has 2 heterocycles. The van der Waals surface area contributed by atoms with E-state index in [1.54, 1.807) is 17.6 Å². The van der Waals surface area contributed by atoms with Gasteiger partial charge < -0.3 is 4.42 Å². The molecule has 2 aromatic heterocycles.